The molecule has 7 heteroatoms. The van der Waals surface area contributed by atoms with Crippen molar-refractivity contribution in [3.05, 3.63) is 28.7 Å². The fraction of sp³-hybridized carbons (Fsp3) is 0.680. The highest BCUT2D eigenvalue weighted by Crippen LogP contribution is 2.43. The number of nitrogens with zero attached hydrogens (tertiary/aromatic N) is 4. The van der Waals surface area contributed by atoms with E-state index < -0.39 is 0 Å². The standard InChI is InChI=1S/C25H35N5O2/c1-15-13-20(15)25(32)29-12-6-9-22(29)21-14-23-26-16(2)19(17(3)30(23)28-21)10-11-24(31)27-18-7-4-5-8-18/h14-15,18,20,22H,4-13H2,1-3H3,(H,27,31)/t15-,20-,22-/m0/s1. The second kappa shape index (κ2) is 8.49. The van der Waals surface area contributed by atoms with Crippen molar-refractivity contribution in [2.45, 2.75) is 90.6 Å². The van der Waals surface area contributed by atoms with Gasteiger partial charge >= 0.3 is 0 Å². The van der Waals surface area contributed by atoms with Gasteiger partial charge in [0.15, 0.2) is 5.65 Å². The predicted octanol–water partition coefficient (Wildman–Crippen LogP) is 3.66. The molecule has 7 nitrogen and oxygen atoms in total. The summed E-state index contributed by atoms with van der Waals surface area (Å²) in [5.41, 5.74) is 4.86. The SMILES string of the molecule is Cc1nc2cc([C@@H]3CCCN3C(=O)[C@H]3C[C@@H]3C)nn2c(C)c1CCC(=O)NC1CCCC1. The summed E-state index contributed by atoms with van der Waals surface area (Å²) in [6, 6.07) is 2.45. The van der Waals surface area contributed by atoms with Gasteiger partial charge in [-0.05, 0) is 63.9 Å². The Hall–Kier alpha value is -2.44. The second-order valence-electron chi connectivity index (χ2n) is 10.2. The Bertz CT molecular complexity index is 1040. The third kappa shape index (κ3) is 4.02. The van der Waals surface area contributed by atoms with Gasteiger partial charge < -0.3 is 10.2 Å². The van der Waals surface area contributed by atoms with Gasteiger partial charge in [-0.15, -0.1) is 0 Å². The molecule has 1 aliphatic heterocycles. The van der Waals surface area contributed by atoms with Crippen LogP contribution in [-0.2, 0) is 16.0 Å². The third-order valence-electron chi connectivity index (χ3n) is 7.81. The molecule has 0 radical (unpaired) electrons. The molecule has 2 aromatic heterocycles. The molecule has 5 rings (SSSR count). The molecule has 3 atom stereocenters. The summed E-state index contributed by atoms with van der Waals surface area (Å²) in [6.45, 7) is 7.06. The minimum absolute atomic E-state index is 0.0531. The first-order chi connectivity index (χ1) is 15.4. The lowest BCUT2D eigenvalue weighted by molar-refractivity contribution is -0.133. The maximum Gasteiger partial charge on any atom is 0.226 e. The molecule has 3 aliphatic rings. The highest BCUT2D eigenvalue weighted by molar-refractivity contribution is 5.82. The zero-order valence-electron chi connectivity index (χ0n) is 19.6. The molecule has 2 aliphatic carbocycles. The lowest BCUT2D eigenvalue weighted by Gasteiger charge is -2.23. The molecule has 2 saturated carbocycles. The van der Waals surface area contributed by atoms with Crippen LogP contribution in [0.2, 0.25) is 0 Å². The third-order valence-corrected chi connectivity index (χ3v) is 7.81. The number of amides is 2. The molecule has 3 heterocycles. The van der Waals surface area contributed by atoms with Crippen LogP contribution in [0.3, 0.4) is 0 Å². The molecule has 0 aromatic carbocycles. The number of nitrogens with one attached hydrogen (secondary N) is 1. The highest BCUT2D eigenvalue weighted by atomic mass is 16.2. The van der Waals surface area contributed by atoms with E-state index in [4.69, 9.17) is 10.1 Å². The van der Waals surface area contributed by atoms with Gasteiger partial charge in [0.1, 0.15) is 0 Å². The average Bonchev–Trinajstić information content (AvgIpc) is 3.22. The number of aryl methyl sites for hydroxylation is 2. The van der Waals surface area contributed by atoms with Gasteiger partial charge in [0.05, 0.1) is 11.7 Å². The van der Waals surface area contributed by atoms with E-state index in [1.165, 1.54) is 12.8 Å². The summed E-state index contributed by atoms with van der Waals surface area (Å²) in [7, 11) is 0. The first-order valence-electron chi connectivity index (χ1n) is 12.4. The van der Waals surface area contributed by atoms with E-state index >= 15 is 0 Å². The molecular weight excluding hydrogens is 402 g/mol. The maximum atomic E-state index is 12.9. The van der Waals surface area contributed by atoms with Crippen molar-refractivity contribution in [2.75, 3.05) is 6.54 Å². The summed E-state index contributed by atoms with van der Waals surface area (Å²) < 4.78 is 1.91. The quantitative estimate of drug-likeness (QED) is 0.748. The molecule has 172 valence electrons. The zero-order valence-corrected chi connectivity index (χ0v) is 19.6. The molecule has 0 spiro atoms. The van der Waals surface area contributed by atoms with E-state index in [-0.39, 0.29) is 17.9 Å². The number of carbonyl (C=O) groups excluding carboxylic acids is 2. The summed E-state index contributed by atoms with van der Waals surface area (Å²) in [5.74, 6) is 1.15. The molecule has 1 saturated heterocycles. The Morgan fingerprint density at radius 3 is 2.62 bits per heavy atom. The summed E-state index contributed by atoms with van der Waals surface area (Å²) in [6.07, 6.45) is 8.80. The Morgan fingerprint density at radius 2 is 1.91 bits per heavy atom. The van der Waals surface area contributed by atoms with Crippen molar-refractivity contribution in [1.82, 2.24) is 24.8 Å². The smallest absolute Gasteiger partial charge is 0.226 e. The molecule has 3 fully saturated rings. The Balaban J connectivity index is 1.33. The number of rotatable bonds is 6. The summed E-state index contributed by atoms with van der Waals surface area (Å²) in [5, 5.41) is 8.08. The minimum atomic E-state index is 0.0531. The topological polar surface area (TPSA) is 79.6 Å². The fourth-order valence-corrected chi connectivity index (χ4v) is 5.69. The molecule has 0 bridgehead atoms. The number of aromatic nitrogens is 3. The van der Waals surface area contributed by atoms with Crippen LogP contribution in [0.15, 0.2) is 6.07 Å². The number of carbonyl (C=O) groups is 2. The van der Waals surface area contributed by atoms with Gasteiger partial charge in [0.25, 0.3) is 0 Å². The lowest BCUT2D eigenvalue weighted by atomic mass is 10.1. The van der Waals surface area contributed by atoms with Crippen molar-refractivity contribution in [2.24, 2.45) is 11.8 Å². The van der Waals surface area contributed by atoms with Crippen molar-refractivity contribution < 1.29 is 9.59 Å². The van der Waals surface area contributed by atoms with Crippen LogP contribution >= 0.6 is 0 Å². The van der Waals surface area contributed by atoms with Crippen molar-refractivity contribution in [1.29, 1.82) is 0 Å². The molecule has 2 amide bonds. The van der Waals surface area contributed by atoms with Crippen LogP contribution < -0.4 is 5.32 Å². The van der Waals surface area contributed by atoms with Crippen LogP contribution in [0, 0.1) is 25.7 Å². The first-order valence-corrected chi connectivity index (χ1v) is 12.4. The van der Waals surface area contributed by atoms with Gasteiger partial charge in [-0.1, -0.05) is 19.8 Å². The largest absolute Gasteiger partial charge is 0.353 e. The maximum absolute atomic E-state index is 12.9. The van der Waals surface area contributed by atoms with E-state index in [9.17, 15) is 9.59 Å². The Kier molecular flexibility index (Phi) is 5.68. The van der Waals surface area contributed by atoms with Crippen LogP contribution in [0.5, 0.6) is 0 Å². The van der Waals surface area contributed by atoms with Crippen LogP contribution in [-0.4, -0.2) is 43.9 Å². The predicted molar refractivity (Wildman–Crippen MR) is 122 cm³/mol. The molecule has 1 N–H and O–H groups in total. The van der Waals surface area contributed by atoms with Crippen LogP contribution in [0.4, 0.5) is 0 Å². The van der Waals surface area contributed by atoms with Crippen molar-refractivity contribution in [3.8, 4) is 0 Å². The summed E-state index contributed by atoms with van der Waals surface area (Å²) >= 11 is 0. The zero-order chi connectivity index (χ0) is 22.4. The average molecular weight is 438 g/mol. The van der Waals surface area contributed by atoms with Gasteiger partial charge in [-0.25, -0.2) is 9.50 Å². The lowest BCUT2D eigenvalue weighted by Crippen LogP contribution is -2.32. The number of hydrogen-bond acceptors (Lipinski definition) is 4. The Morgan fingerprint density at radius 1 is 1.16 bits per heavy atom. The van der Waals surface area contributed by atoms with E-state index in [0.717, 1.165) is 66.9 Å². The van der Waals surface area contributed by atoms with E-state index in [1.807, 2.05) is 22.4 Å². The fourth-order valence-electron chi connectivity index (χ4n) is 5.69. The van der Waals surface area contributed by atoms with Crippen molar-refractivity contribution >= 4 is 17.5 Å². The van der Waals surface area contributed by atoms with E-state index in [2.05, 4.69) is 19.2 Å². The highest BCUT2D eigenvalue weighted by Gasteiger charge is 2.44. The summed E-state index contributed by atoms with van der Waals surface area (Å²) in [4.78, 5) is 32.2. The first kappa shape index (κ1) is 21.4. The second-order valence-corrected chi connectivity index (χ2v) is 10.2. The normalized spacial score (nSPS) is 25.6. The van der Waals surface area contributed by atoms with Crippen LogP contribution in [0.25, 0.3) is 5.65 Å². The van der Waals surface area contributed by atoms with E-state index in [1.54, 1.807) is 0 Å². The van der Waals surface area contributed by atoms with Crippen molar-refractivity contribution in [3.63, 3.8) is 0 Å². The number of fused-ring (bicyclic) bond motifs is 1. The van der Waals surface area contributed by atoms with Gasteiger partial charge in [-0.3, -0.25) is 9.59 Å². The molecule has 32 heavy (non-hydrogen) atoms. The number of likely N-dealkylation sites (tertiary alicyclic amines) is 1. The van der Waals surface area contributed by atoms with Gasteiger partial charge in [0.2, 0.25) is 11.8 Å². The molecule has 2 aromatic rings. The molecule has 0 unspecified atom stereocenters. The number of hydrogen-bond donors (Lipinski definition) is 1. The van der Waals surface area contributed by atoms with Gasteiger partial charge in [-0.2, -0.15) is 5.10 Å². The molecular formula is C25H35N5O2. The Labute approximate surface area is 190 Å². The monoisotopic (exact) mass is 437 g/mol. The minimum Gasteiger partial charge on any atom is -0.353 e. The van der Waals surface area contributed by atoms with E-state index in [0.29, 0.717) is 30.7 Å². The van der Waals surface area contributed by atoms with Crippen LogP contribution in [0.1, 0.15) is 87.0 Å². The van der Waals surface area contributed by atoms with Gasteiger partial charge in [0, 0.05) is 42.4 Å².